The van der Waals surface area contributed by atoms with Gasteiger partial charge in [0.1, 0.15) is 25.3 Å². The second kappa shape index (κ2) is 6.54. The van der Waals surface area contributed by atoms with Crippen LogP contribution in [-0.4, -0.2) is 23.2 Å². The maximum absolute atomic E-state index is 5.68. The summed E-state index contributed by atoms with van der Waals surface area (Å²) in [5.74, 6) is 1.39. The Labute approximate surface area is 130 Å². The van der Waals surface area contributed by atoms with Crippen LogP contribution in [0.2, 0.25) is 0 Å². The molecule has 21 heavy (non-hydrogen) atoms. The van der Waals surface area contributed by atoms with Gasteiger partial charge < -0.3 is 9.47 Å². The molecule has 0 saturated heterocycles. The number of aromatic nitrogens is 2. The molecule has 0 atom stereocenters. The predicted molar refractivity (Wildman–Crippen MR) is 84.7 cm³/mol. The first kappa shape index (κ1) is 13.8. The van der Waals surface area contributed by atoms with Crippen LogP contribution in [0.25, 0.3) is 10.9 Å². The van der Waals surface area contributed by atoms with Crippen molar-refractivity contribution in [1.82, 2.24) is 9.97 Å². The molecule has 0 saturated carbocycles. The zero-order valence-electron chi connectivity index (χ0n) is 11.2. The van der Waals surface area contributed by atoms with Crippen LogP contribution in [0.5, 0.6) is 11.6 Å². The lowest BCUT2D eigenvalue weighted by Gasteiger charge is -2.09. The van der Waals surface area contributed by atoms with Crippen LogP contribution >= 0.6 is 15.9 Å². The minimum atomic E-state index is 0.424. The summed E-state index contributed by atoms with van der Waals surface area (Å²) in [7, 11) is 0. The maximum Gasteiger partial charge on any atom is 0.224 e. The highest BCUT2D eigenvalue weighted by molar-refractivity contribution is 9.10. The van der Waals surface area contributed by atoms with Crippen molar-refractivity contribution in [3.63, 3.8) is 0 Å². The Morgan fingerprint density at radius 1 is 0.905 bits per heavy atom. The molecule has 0 unspecified atom stereocenters. The van der Waals surface area contributed by atoms with Crippen LogP contribution in [0.15, 0.2) is 59.3 Å². The summed E-state index contributed by atoms with van der Waals surface area (Å²) in [6, 6.07) is 15.5. The molecule has 0 fully saturated rings. The average Bonchev–Trinajstić information content (AvgIpc) is 2.52. The summed E-state index contributed by atoms with van der Waals surface area (Å²) >= 11 is 3.41. The van der Waals surface area contributed by atoms with Crippen molar-refractivity contribution in [1.29, 1.82) is 0 Å². The number of fused-ring (bicyclic) bond motifs is 1. The van der Waals surface area contributed by atoms with E-state index in [1.54, 1.807) is 0 Å². The molecule has 0 N–H and O–H groups in total. The number of nitrogens with zero attached hydrogens (tertiary/aromatic N) is 2. The first-order valence-corrected chi connectivity index (χ1v) is 7.33. The Balaban J connectivity index is 1.60. The molecule has 3 aromatic rings. The Morgan fingerprint density at radius 3 is 2.67 bits per heavy atom. The van der Waals surface area contributed by atoms with Gasteiger partial charge in [-0.15, -0.1) is 0 Å². The number of ether oxygens (including phenoxy) is 2. The van der Waals surface area contributed by atoms with Gasteiger partial charge in [0, 0.05) is 4.47 Å². The third kappa shape index (κ3) is 3.49. The molecular formula is C16H13BrN2O2. The predicted octanol–water partition coefficient (Wildman–Crippen LogP) is 3.85. The molecule has 0 aliphatic rings. The normalized spacial score (nSPS) is 10.5. The summed E-state index contributed by atoms with van der Waals surface area (Å²) in [5.41, 5.74) is 0.871. The summed E-state index contributed by atoms with van der Waals surface area (Å²) in [6.07, 6.45) is 1.51. The Morgan fingerprint density at radius 2 is 1.76 bits per heavy atom. The highest BCUT2D eigenvalue weighted by atomic mass is 79.9. The van der Waals surface area contributed by atoms with Gasteiger partial charge in [-0.05, 0) is 30.3 Å². The van der Waals surface area contributed by atoms with Gasteiger partial charge in [-0.1, -0.05) is 34.1 Å². The van der Waals surface area contributed by atoms with Crippen LogP contribution in [0.3, 0.4) is 0 Å². The van der Waals surface area contributed by atoms with E-state index in [4.69, 9.17) is 9.47 Å². The van der Waals surface area contributed by atoms with Gasteiger partial charge in [-0.2, -0.15) is 0 Å². The molecule has 3 rings (SSSR count). The Hall–Kier alpha value is -2.14. The summed E-state index contributed by atoms with van der Waals surface area (Å²) in [6.45, 7) is 0.877. The molecule has 0 radical (unpaired) electrons. The molecule has 0 amide bonds. The molecule has 0 bridgehead atoms. The van der Waals surface area contributed by atoms with Gasteiger partial charge >= 0.3 is 0 Å². The van der Waals surface area contributed by atoms with Gasteiger partial charge in [-0.3, -0.25) is 0 Å². The van der Waals surface area contributed by atoms with Crippen LogP contribution in [0, 0.1) is 0 Å². The van der Waals surface area contributed by atoms with E-state index in [9.17, 15) is 0 Å². The molecule has 1 aromatic heterocycles. The van der Waals surface area contributed by atoms with Gasteiger partial charge in [0.25, 0.3) is 0 Å². The zero-order valence-corrected chi connectivity index (χ0v) is 12.8. The smallest absolute Gasteiger partial charge is 0.224 e. The van der Waals surface area contributed by atoms with E-state index in [0.29, 0.717) is 19.1 Å². The lowest BCUT2D eigenvalue weighted by molar-refractivity contribution is 0.213. The van der Waals surface area contributed by atoms with Crippen molar-refractivity contribution < 1.29 is 9.47 Å². The van der Waals surface area contributed by atoms with Crippen LogP contribution in [0.1, 0.15) is 0 Å². The standard InChI is InChI=1S/C16H13BrN2O2/c17-12-4-3-5-13(10-12)20-8-9-21-16-14-6-1-2-7-15(14)18-11-19-16/h1-7,10-11H,8-9H2. The minimum absolute atomic E-state index is 0.424. The van der Waals surface area contributed by atoms with Gasteiger partial charge in [0.05, 0.1) is 10.9 Å². The number of hydrogen-bond acceptors (Lipinski definition) is 4. The van der Waals surface area contributed by atoms with Crippen molar-refractivity contribution in [2.75, 3.05) is 13.2 Å². The summed E-state index contributed by atoms with van der Waals surface area (Å²) in [4.78, 5) is 8.37. The Bertz CT molecular complexity index is 744. The first-order valence-electron chi connectivity index (χ1n) is 6.54. The highest BCUT2D eigenvalue weighted by Crippen LogP contribution is 2.21. The van der Waals surface area contributed by atoms with Crippen molar-refractivity contribution >= 4 is 26.8 Å². The summed E-state index contributed by atoms with van der Waals surface area (Å²) < 4.78 is 12.3. The third-order valence-corrected chi connectivity index (χ3v) is 3.39. The molecular weight excluding hydrogens is 332 g/mol. The fraction of sp³-hybridized carbons (Fsp3) is 0.125. The molecule has 1 heterocycles. The van der Waals surface area contributed by atoms with E-state index < -0.39 is 0 Å². The van der Waals surface area contributed by atoms with E-state index in [-0.39, 0.29) is 0 Å². The number of halogens is 1. The molecule has 0 spiro atoms. The van der Waals surface area contributed by atoms with Gasteiger partial charge in [0.2, 0.25) is 5.88 Å². The maximum atomic E-state index is 5.68. The van der Waals surface area contributed by atoms with Crippen LogP contribution in [-0.2, 0) is 0 Å². The van der Waals surface area contributed by atoms with Crippen molar-refractivity contribution in [3.8, 4) is 11.6 Å². The molecule has 0 aliphatic carbocycles. The molecule has 5 heteroatoms. The number of hydrogen-bond donors (Lipinski definition) is 0. The van der Waals surface area contributed by atoms with E-state index in [0.717, 1.165) is 21.1 Å². The number of rotatable bonds is 5. The van der Waals surface area contributed by atoms with Crippen LogP contribution in [0.4, 0.5) is 0 Å². The number of benzene rings is 2. The average molecular weight is 345 g/mol. The third-order valence-electron chi connectivity index (χ3n) is 2.89. The SMILES string of the molecule is Brc1cccc(OCCOc2ncnc3ccccc23)c1. The van der Waals surface area contributed by atoms with Crippen LogP contribution < -0.4 is 9.47 Å². The number of para-hydroxylation sites is 1. The fourth-order valence-electron chi connectivity index (χ4n) is 1.95. The van der Waals surface area contributed by atoms with Crippen molar-refractivity contribution in [2.24, 2.45) is 0 Å². The minimum Gasteiger partial charge on any atom is -0.490 e. The van der Waals surface area contributed by atoms with E-state index in [1.807, 2.05) is 48.5 Å². The van der Waals surface area contributed by atoms with Gasteiger partial charge in [-0.25, -0.2) is 9.97 Å². The van der Waals surface area contributed by atoms with E-state index in [2.05, 4.69) is 25.9 Å². The first-order chi connectivity index (χ1) is 10.3. The largest absolute Gasteiger partial charge is 0.490 e. The zero-order chi connectivity index (χ0) is 14.5. The van der Waals surface area contributed by atoms with E-state index >= 15 is 0 Å². The van der Waals surface area contributed by atoms with E-state index in [1.165, 1.54) is 6.33 Å². The Kier molecular flexibility index (Phi) is 4.31. The fourth-order valence-corrected chi connectivity index (χ4v) is 2.33. The lowest BCUT2D eigenvalue weighted by Crippen LogP contribution is -2.10. The molecule has 2 aromatic carbocycles. The monoisotopic (exact) mass is 344 g/mol. The van der Waals surface area contributed by atoms with Crippen molar-refractivity contribution in [2.45, 2.75) is 0 Å². The van der Waals surface area contributed by atoms with Crippen molar-refractivity contribution in [3.05, 3.63) is 59.3 Å². The van der Waals surface area contributed by atoms with Gasteiger partial charge in [0.15, 0.2) is 0 Å². The molecule has 0 aliphatic heterocycles. The second-order valence-electron chi connectivity index (χ2n) is 4.35. The molecule has 106 valence electrons. The topological polar surface area (TPSA) is 44.2 Å². The lowest BCUT2D eigenvalue weighted by atomic mass is 10.2. The molecule has 4 nitrogen and oxygen atoms in total. The second-order valence-corrected chi connectivity index (χ2v) is 5.27. The summed E-state index contributed by atoms with van der Waals surface area (Å²) in [5, 5.41) is 0.905. The highest BCUT2D eigenvalue weighted by Gasteiger charge is 2.03. The quantitative estimate of drug-likeness (QED) is 0.659.